The molecule has 3 aromatic rings. The zero-order valence-corrected chi connectivity index (χ0v) is 13.5. The van der Waals surface area contributed by atoms with Crippen LogP contribution in [0.1, 0.15) is 11.3 Å². The minimum atomic E-state index is 1.03. The second-order valence-corrected chi connectivity index (χ2v) is 6.40. The second kappa shape index (κ2) is 4.85. The van der Waals surface area contributed by atoms with Gasteiger partial charge >= 0.3 is 0 Å². The summed E-state index contributed by atoms with van der Waals surface area (Å²) in [5.41, 5.74) is 5.36. The quantitative estimate of drug-likeness (QED) is 0.585. The highest BCUT2D eigenvalue weighted by atomic mass is 79.9. The van der Waals surface area contributed by atoms with E-state index in [0.717, 1.165) is 17.4 Å². The van der Waals surface area contributed by atoms with E-state index in [9.17, 15) is 0 Å². The maximum atomic E-state index is 3.50. The zero-order valence-electron chi connectivity index (χ0n) is 11.9. The first-order valence-corrected chi connectivity index (χ1v) is 7.97. The average molecular weight is 340 g/mol. The summed E-state index contributed by atoms with van der Waals surface area (Å²) in [5.74, 6) is 0. The molecular weight excluding hydrogens is 324 g/mol. The number of nitrogens with zero attached hydrogens (tertiary/aromatic N) is 2. The second-order valence-electron chi connectivity index (χ2n) is 5.49. The number of hydrogen-bond acceptors (Lipinski definition) is 0. The van der Waals surface area contributed by atoms with Crippen molar-refractivity contribution in [2.24, 2.45) is 7.05 Å². The Morgan fingerprint density at radius 1 is 1.05 bits per heavy atom. The SMILES string of the molecule is Cn1c2c(c3ccccc31)CC[N+](c1ccc(Br)cc1)=C2. The molecule has 2 nitrogen and oxygen atoms in total. The lowest BCUT2D eigenvalue weighted by Crippen LogP contribution is -2.19. The van der Waals surface area contributed by atoms with Crippen molar-refractivity contribution in [3.05, 3.63) is 64.3 Å². The third kappa shape index (κ3) is 2.04. The van der Waals surface area contributed by atoms with Crippen molar-refractivity contribution < 1.29 is 4.58 Å². The lowest BCUT2D eigenvalue weighted by Gasteiger charge is -2.10. The molecule has 0 spiro atoms. The number of aromatic nitrogens is 1. The predicted molar refractivity (Wildman–Crippen MR) is 90.7 cm³/mol. The molecule has 104 valence electrons. The number of benzene rings is 2. The van der Waals surface area contributed by atoms with E-state index in [1.54, 1.807) is 0 Å². The van der Waals surface area contributed by atoms with Gasteiger partial charge in [0.15, 0.2) is 12.8 Å². The molecule has 0 atom stereocenters. The van der Waals surface area contributed by atoms with Gasteiger partial charge in [-0.3, -0.25) is 0 Å². The smallest absolute Gasteiger partial charge is 0.205 e. The molecule has 0 unspecified atom stereocenters. The van der Waals surface area contributed by atoms with Gasteiger partial charge in [-0.15, -0.1) is 0 Å². The van der Waals surface area contributed by atoms with Crippen molar-refractivity contribution in [1.82, 2.24) is 4.57 Å². The van der Waals surface area contributed by atoms with Gasteiger partial charge in [0.2, 0.25) is 5.69 Å². The molecule has 1 aliphatic rings. The summed E-state index contributed by atoms with van der Waals surface area (Å²) in [4.78, 5) is 0. The Morgan fingerprint density at radius 3 is 2.62 bits per heavy atom. The Labute approximate surface area is 132 Å². The van der Waals surface area contributed by atoms with Crippen molar-refractivity contribution in [3.8, 4) is 0 Å². The maximum Gasteiger partial charge on any atom is 0.205 e. The molecule has 0 aliphatic carbocycles. The molecule has 21 heavy (non-hydrogen) atoms. The number of halogens is 1. The Bertz CT molecular complexity index is 857. The topological polar surface area (TPSA) is 7.94 Å². The minimum absolute atomic E-state index is 1.03. The highest BCUT2D eigenvalue weighted by Gasteiger charge is 2.23. The fraction of sp³-hybridized carbons (Fsp3) is 0.167. The molecule has 0 radical (unpaired) electrons. The Balaban J connectivity index is 1.89. The first-order chi connectivity index (χ1) is 10.2. The van der Waals surface area contributed by atoms with Gasteiger partial charge in [0.1, 0.15) is 5.69 Å². The van der Waals surface area contributed by atoms with Crippen LogP contribution in [0.2, 0.25) is 0 Å². The third-order valence-electron chi connectivity index (χ3n) is 4.30. The van der Waals surface area contributed by atoms with Gasteiger partial charge in [0.25, 0.3) is 0 Å². The van der Waals surface area contributed by atoms with Crippen LogP contribution in [0.4, 0.5) is 5.69 Å². The lowest BCUT2D eigenvalue weighted by atomic mass is 10.1. The van der Waals surface area contributed by atoms with Gasteiger partial charge in [-0.25, -0.2) is 0 Å². The van der Waals surface area contributed by atoms with Crippen molar-refractivity contribution in [1.29, 1.82) is 0 Å². The first-order valence-electron chi connectivity index (χ1n) is 7.17. The molecule has 0 amide bonds. The van der Waals surface area contributed by atoms with Gasteiger partial charge < -0.3 is 4.57 Å². The van der Waals surface area contributed by atoms with E-state index >= 15 is 0 Å². The summed E-state index contributed by atoms with van der Waals surface area (Å²) in [6.07, 6.45) is 3.37. The molecule has 2 aromatic carbocycles. The first kappa shape index (κ1) is 12.8. The van der Waals surface area contributed by atoms with Crippen LogP contribution in [0.15, 0.2) is 53.0 Å². The summed E-state index contributed by atoms with van der Waals surface area (Å²) in [6, 6.07) is 17.2. The van der Waals surface area contributed by atoms with E-state index in [-0.39, 0.29) is 0 Å². The monoisotopic (exact) mass is 339 g/mol. The van der Waals surface area contributed by atoms with E-state index in [0.29, 0.717) is 0 Å². The van der Waals surface area contributed by atoms with Gasteiger partial charge in [-0.1, -0.05) is 34.1 Å². The van der Waals surface area contributed by atoms with E-state index < -0.39 is 0 Å². The average Bonchev–Trinajstić information content (AvgIpc) is 2.81. The van der Waals surface area contributed by atoms with Crippen LogP contribution in [-0.2, 0) is 13.5 Å². The molecule has 0 bridgehead atoms. The Morgan fingerprint density at radius 2 is 1.81 bits per heavy atom. The lowest BCUT2D eigenvalue weighted by molar-refractivity contribution is -0.436. The van der Waals surface area contributed by atoms with Crippen molar-refractivity contribution >= 4 is 38.7 Å². The fourth-order valence-corrected chi connectivity index (χ4v) is 3.46. The number of rotatable bonds is 1. The van der Waals surface area contributed by atoms with Crippen LogP contribution >= 0.6 is 15.9 Å². The van der Waals surface area contributed by atoms with E-state index in [2.05, 4.69) is 86.9 Å². The summed E-state index contributed by atoms with van der Waals surface area (Å²) >= 11 is 3.50. The largest absolute Gasteiger partial charge is 0.339 e. The minimum Gasteiger partial charge on any atom is -0.339 e. The standard InChI is InChI=1S/C18H16BrN2/c1-20-17-5-3-2-4-15(17)16-10-11-21(12-18(16)20)14-8-6-13(19)7-9-14/h2-9,12H,10-11H2,1H3/q+1. The number of hydrogen-bond donors (Lipinski definition) is 0. The molecule has 2 heterocycles. The van der Waals surface area contributed by atoms with E-state index in [1.165, 1.54) is 27.8 Å². The molecule has 4 rings (SSSR count). The predicted octanol–water partition coefficient (Wildman–Crippen LogP) is 4.26. The van der Waals surface area contributed by atoms with Crippen LogP contribution in [-0.4, -0.2) is 21.9 Å². The normalized spacial score (nSPS) is 14.1. The fourth-order valence-electron chi connectivity index (χ4n) is 3.20. The van der Waals surface area contributed by atoms with Crippen molar-refractivity contribution in [3.63, 3.8) is 0 Å². The molecule has 0 N–H and O–H groups in total. The molecule has 0 saturated heterocycles. The van der Waals surface area contributed by atoms with Gasteiger partial charge in [-0.2, -0.15) is 4.58 Å². The van der Waals surface area contributed by atoms with Crippen molar-refractivity contribution in [2.45, 2.75) is 6.42 Å². The molecule has 1 aliphatic heterocycles. The van der Waals surface area contributed by atoms with Crippen LogP contribution in [0.25, 0.3) is 10.9 Å². The molecular formula is C18H16BrN2+. The number of para-hydroxylation sites is 1. The summed E-state index contributed by atoms with van der Waals surface area (Å²) < 4.78 is 5.76. The Hall–Kier alpha value is -1.87. The molecule has 1 aromatic heterocycles. The Kier molecular flexibility index (Phi) is 2.96. The van der Waals surface area contributed by atoms with Crippen LogP contribution in [0.3, 0.4) is 0 Å². The van der Waals surface area contributed by atoms with Crippen LogP contribution in [0.5, 0.6) is 0 Å². The molecule has 0 saturated carbocycles. The highest BCUT2D eigenvalue weighted by molar-refractivity contribution is 9.10. The van der Waals surface area contributed by atoms with Crippen LogP contribution < -0.4 is 0 Å². The number of aryl methyl sites for hydroxylation is 1. The number of fused-ring (bicyclic) bond motifs is 3. The highest BCUT2D eigenvalue weighted by Crippen LogP contribution is 2.28. The maximum absolute atomic E-state index is 3.50. The zero-order chi connectivity index (χ0) is 14.4. The summed E-state index contributed by atoms with van der Waals surface area (Å²) in [7, 11) is 2.16. The van der Waals surface area contributed by atoms with Crippen LogP contribution in [0, 0.1) is 0 Å². The van der Waals surface area contributed by atoms with E-state index in [1.807, 2.05) is 0 Å². The van der Waals surface area contributed by atoms with E-state index in [4.69, 9.17) is 0 Å². The summed E-state index contributed by atoms with van der Waals surface area (Å²) in [5, 5.41) is 1.39. The van der Waals surface area contributed by atoms with Gasteiger partial charge in [0, 0.05) is 41.0 Å². The summed E-state index contributed by atoms with van der Waals surface area (Å²) in [6.45, 7) is 1.03. The van der Waals surface area contributed by atoms with Gasteiger partial charge in [-0.05, 0) is 23.8 Å². The van der Waals surface area contributed by atoms with Gasteiger partial charge in [0.05, 0.1) is 0 Å². The molecule has 0 fully saturated rings. The molecule has 3 heteroatoms. The third-order valence-corrected chi connectivity index (χ3v) is 4.83. The van der Waals surface area contributed by atoms with Crippen molar-refractivity contribution in [2.75, 3.05) is 6.54 Å².